The molecule has 0 saturated heterocycles. The van der Waals surface area contributed by atoms with Gasteiger partial charge in [-0.25, -0.2) is 9.97 Å². The van der Waals surface area contributed by atoms with Gasteiger partial charge in [0.15, 0.2) is 5.82 Å². The molecule has 0 aliphatic carbocycles. The molecule has 2 aromatic heterocycles. The van der Waals surface area contributed by atoms with E-state index in [1.54, 1.807) is 6.07 Å². The minimum Gasteiger partial charge on any atom is -0.318 e. The molecule has 2 N–H and O–H groups in total. The molecule has 2 aromatic carbocycles. The number of carbonyl (C=O) groups excluding carboxylic acids is 2. The number of aromatic nitrogens is 3. The van der Waals surface area contributed by atoms with Crippen LogP contribution < -0.4 is 10.9 Å². The lowest BCUT2D eigenvalue weighted by molar-refractivity contribution is 0.0846. The third-order valence-corrected chi connectivity index (χ3v) is 4.93. The summed E-state index contributed by atoms with van der Waals surface area (Å²) in [4.78, 5) is 33.5. The van der Waals surface area contributed by atoms with E-state index in [0.29, 0.717) is 11.4 Å². The van der Waals surface area contributed by atoms with Gasteiger partial charge in [-0.3, -0.25) is 20.4 Å². The zero-order chi connectivity index (χ0) is 21.8. The van der Waals surface area contributed by atoms with Gasteiger partial charge in [0.2, 0.25) is 0 Å². The highest BCUT2D eigenvalue weighted by atomic mass is 16.2. The van der Waals surface area contributed by atoms with Crippen molar-refractivity contribution in [2.45, 2.75) is 13.8 Å². The van der Waals surface area contributed by atoms with Crippen LogP contribution in [0, 0.1) is 13.8 Å². The maximum atomic E-state index is 12.7. The van der Waals surface area contributed by atoms with Gasteiger partial charge in [-0.15, -0.1) is 0 Å². The molecule has 2 heterocycles. The third-order valence-electron chi connectivity index (χ3n) is 4.93. The van der Waals surface area contributed by atoms with Crippen LogP contribution in [0.15, 0.2) is 79.1 Å². The minimum absolute atomic E-state index is 0.245. The Hall–Kier alpha value is -4.26. The number of amides is 2. The van der Waals surface area contributed by atoms with Crippen molar-refractivity contribution in [1.29, 1.82) is 0 Å². The molecule has 0 atom stereocenters. The van der Waals surface area contributed by atoms with E-state index in [2.05, 4.69) is 20.8 Å². The molecule has 0 aliphatic heterocycles. The van der Waals surface area contributed by atoms with Gasteiger partial charge >= 0.3 is 0 Å². The van der Waals surface area contributed by atoms with Crippen LogP contribution >= 0.6 is 0 Å². The molecule has 0 aliphatic rings. The number of carbonyl (C=O) groups is 2. The number of rotatable bonds is 4. The lowest BCUT2D eigenvalue weighted by Gasteiger charge is -2.10. The van der Waals surface area contributed by atoms with Gasteiger partial charge in [0.05, 0.1) is 11.1 Å². The topological polar surface area (TPSA) is 88.9 Å². The number of nitrogens with one attached hydrogen (secondary N) is 2. The Morgan fingerprint density at radius 2 is 1.39 bits per heavy atom. The maximum Gasteiger partial charge on any atom is 0.272 e. The van der Waals surface area contributed by atoms with Crippen LogP contribution in [0.2, 0.25) is 0 Å². The number of hydrogen-bond acceptors (Lipinski definition) is 4. The molecule has 0 bridgehead atoms. The standard InChI is InChI=1S/C24H21N5O2/c1-16-13-21(17(2)29(16)20-11-7-4-8-12-20)24(31)28-27-23(30)19-14-25-22(26-15-19)18-9-5-3-6-10-18/h3-15H,1-2H3,(H,27,30)(H,28,31). The lowest BCUT2D eigenvalue weighted by Crippen LogP contribution is -2.41. The van der Waals surface area contributed by atoms with Crippen LogP contribution in [0.1, 0.15) is 32.1 Å². The smallest absolute Gasteiger partial charge is 0.272 e. The fourth-order valence-electron chi connectivity index (χ4n) is 3.40. The van der Waals surface area contributed by atoms with E-state index in [-0.39, 0.29) is 5.56 Å². The average Bonchev–Trinajstić information content (AvgIpc) is 3.12. The van der Waals surface area contributed by atoms with E-state index in [4.69, 9.17) is 0 Å². The minimum atomic E-state index is -0.496. The molecule has 31 heavy (non-hydrogen) atoms. The van der Waals surface area contributed by atoms with Crippen LogP contribution in [-0.2, 0) is 0 Å². The van der Waals surface area contributed by atoms with Gasteiger partial charge in [-0.1, -0.05) is 48.5 Å². The SMILES string of the molecule is Cc1cc(C(=O)NNC(=O)c2cnc(-c3ccccc3)nc2)c(C)n1-c1ccccc1. The van der Waals surface area contributed by atoms with E-state index >= 15 is 0 Å². The van der Waals surface area contributed by atoms with Crippen LogP contribution in [0.3, 0.4) is 0 Å². The Kier molecular flexibility index (Phi) is 5.57. The van der Waals surface area contributed by atoms with Crippen molar-refractivity contribution in [1.82, 2.24) is 25.4 Å². The zero-order valence-corrected chi connectivity index (χ0v) is 17.2. The number of nitrogens with zero attached hydrogens (tertiary/aromatic N) is 3. The highest BCUT2D eigenvalue weighted by Crippen LogP contribution is 2.20. The molecule has 154 valence electrons. The third kappa shape index (κ3) is 4.20. The van der Waals surface area contributed by atoms with Gasteiger partial charge < -0.3 is 4.57 Å². The summed E-state index contributed by atoms with van der Waals surface area (Å²) in [5, 5.41) is 0. The molecule has 4 aromatic rings. The Balaban J connectivity index is 1.44. The number of benzene rings is 2. The summed E-state index contributed by atoms with van der Waals surface area (Å²) in [6, 6.07) is 21.0. The normalized spacial score (nSPS) is 10.5. The first-order valence-electron chi connectivity index (χ1n) is 9.77. The molecule has 7 nitrogen and oxygen atoms in total. The summed E-state index contributed by atoms with van der Waals surface area (Å²) >= 11 is 0. The van der Waals surface area contributed by atoms with E-state index in [1.807, 2.05) is 79.1 Å². The predicted molar refractivity (Wildman–Crippen MR) is 118 cm³/mol. The van der Waals surface area contributed by atoms with E-state index in [9.17, 15) is 9.59 Å². The highest BCUT2D eigenvalue weighted by Gasteiger charge is 2.17. The van der Waals surface area contributed by atoms with Crippen molar-refractivity contribution < 1.29 is 9.59 Å². The lowest BCUT2D eigenvalue weighted by atomic mass is 10.2. The molecule has 0 fully saturated rings. The van der Waals surface area contributed by atoms with Crippen LogP contribution in [0.4, 0.5) is 0 Å². The predicted octanol–water partition coefficient (Wildman–Crippen LogP) is 3.63. The largest absolute Gasteiger partial charge is 0.318 e. The molecule has 7 heteroatoms. The first kappa shape index (κ1) is 20.0. The fraction of sp³-hybridized carbons (Fsp3) is 0.0833. The molecular weight excluding hydrogens is 390 g/mol. The van der Waals surface area contributed by atoms with Gasteiger partial charge in [0, 0.05) is 35.0 Å². The molecule has 4 rings (SSSR count). The van der Waals surface area contributed by atoms with Crippen molar-refractivity contribution >= 4 is 11.8 Å². The average molecular weight is 411 g/mol. The van der Waals surface area contributed by atoms with Crippen molar-refractivity contribution in [2.75, 3.05) is 0 Å². The highest BCUT2D eigenvalue weighted by molar-refractivity contribution is 5.99. The summed E-state index contributed by atoms with van der Waals surface area (Å²) in [6.07, 6.45) is 2.86. The molecule has 0 spiro atoms. The van der Waals surface area contributed by atoms with Gasteiger partial charge in [-0.2, -0.15) is 0 Å². The molecule has 2 amide bonds. The second-order valence-corrected chi connectivity index (χ2v) is 7.03. The van der Waals surface area contributed by atoms with Crippen molar-refractivity contribution in [3.8, 4) is 17.1 Å². The van der Waals surface area contributed by atoms with Crippen molar-refractivity contribution in [2.24, 2.45) is 0 Å². The van der Waals surface area contributed by atoms with Gasteiger partial charge in [0.25, 0.3) is 11.8 Å². The number of hydrazine groups is 1. The number of hydrogen-bond donors (Lipinski definition) is 2. The molecular formula is C24H21N5O2. The van der Waals surface area contributed by atoms with Crippen molar-refractivity contribution in [3.63, 3.8) is 0 Å². The fourth-order valence-corrected chi connectivity index (χ4v) is 3.40. The van der Waals surface area contributed by atoms with Crippen molar-refractivity contribution in [3.05, 3.63) is 102 Å². The summed E-state index contributed by atoms with van der Waals surface area (Å²) < 4.78 is 1.99. The molecule has 0 unspecified atom stereocenters. The monoisotopic (exact) mass is 411 g/mol. The molecule has 0 radical (unpaired) electrons. The summed E-state index contributed by atoms with van der Waals surface area (Å²) in [5.41, 5.74) is 9.15. The summed E-state index contributed by atoms with van der Waals surface area (Å²) in [6.45, 7) is 3.80. The maximum absolute atomic E-state index is 12.7. The quantitative estimate of drug-likeness (QED) is 0.502. The Morgan fingerprint density at radius 1 is 0.806 bits per heavy atom. The Bertz CT molecular complexity index is 1220. The second-order valence-electron chi connectivity index (χ2n) is 7.03. The number of para-hydroxylation sites is 1. The van der Waals surface area contributed by atoms with Crippen LogP contribution in [0.25, 0.3) is 17.1 Å². The summed E-state index contributed by atoms with van der Waals surface area (Å²) in [5.74, 6) is -0.371. The van der Waals surface area contributed by atoms with E-state index in [1.165, 1.54) is 12.4 Å². The van der Waals surface area contributed by atoms with Gasteiger partial charge in [0.1, 0.15) is 0 Å². The van der Waals surface area contributed by atoms with E-state index < -0.39 is 11.8 Å². The Labute approximate surface area is 179 Å². The number of aryl methyl sites for hydroxylation is 1. The Morgan fingerprint density at radius 3 is 2.03 bits per heavy atom. The van der Waals surface area contributed by atoms with Gasteiger partial charge in [-0.05, 0) is 32.0 Å². The zero-order valence-electron chi connectivity index (χ0n) is 17.2. The first-order chi connectivity index (χ1) is 15.0. The summed E-state index contributed by atoms with van der Waals surface area (Å²) in [7, 11) is 0. The second kappa shape index (κ2) is 8.62. The van der Waals surface area contributed by atoms with Crippen LogP contribution in [-0.4, -0.2) is 26.3 Å². The van der Waals surface area contributed by atoms with E-state index in [0.717, 1.165) is 22.6 Å². The van der Waals surface area contributed by atoms with Crippen LogP contribution in [0.5, 0.6) is 0 Å². The first-order valence-corrected chi connectivity index (χ1v) is 9.77. The molecule has 0 saturated carbocycles.